The molecule has 0 aliphatic rings. The van der Waals surface area contributed by atoms with Gasteiger partial charge < -0.3 is 9.47 Å². The summed E-state index contributed by atoms with van der Waals surface area (Å²) in [6.45, 7) is 4.70. The fourth-order valence-electron chi connectivity index (χ4n) is 1.32. The van der Waals surface area contributed by atoms with Crippen LogP contribution >= 0.6 is 11.6 Å². The molecule has 0 N–H and O–H groups in total. The molecular formula is C15H19ClO2. The van der Waals surface area contributed by atoms with Gasteiger partial charge in [-0.3, -0.25) is 0 Å². The summed E-state index contributed by atoms with van der Waals surface area (Å²) < 4.78 is 11.0. The topological polar surface area (TPSA) is 18.5 Å². The Balaban J connectivity index is 2.53. The Hall–Kier alpha value is -1.17. The van der Waals surface area contributed by atoms with Crippen molar-refractivity contribution in [3.8, 4) is 17.6 Å². The zero-order valence-corrected chi connectivity index (χ0v) is 11.9. The molecule has 0 radical (unpaired) electrons. The lowest BCUT2D eigenvalue weighted by molar-refractivity contribution is 0.00546. The van der Waals surface area contributed by atoms with Crippen molar-refractivity contribution < 1.29 is 9.47 Å². The average Bonchev–Trinajstić information content (AvgIpc) is 2.37. The number of hydrogen-bond acceptors (Lipinski definition) is 2. The SMILES string of the molecule is COC(C)(C)CCOc1cccc(C#CCCl)c1. The van der Waals surface area contributed by atoms with Gasteiger partial charge in [0.05, 0.1) is 18.1 Å². The second kappa shape index (κ2) is 7.31. The van der Waals surface area contributed by atoms with Crippen molar-refractivity contribution in [2.24, 2.45) is 0 Å². The van der Waals surface area contributed by atoms with Gasteiger partial charge in [0.2, 0.25) is 0 Å². The van der Waals surface area contributed by atoms with Crippen molar-refractivity contribution in [3.05, 3.63) is 29.8 Å². The van der Waals surface area contributed by atoms with Crippen LogP contribution in [0.4, 0.5) is 0 Å². The minimum Gasteiger partial charge on any atom is -0.493 e. The van der Waals surface area contributed by atoms with Crippen LogP contribution in [0, 0.1) is 11.8 Å². The van der Waals surface area contributed by atoms with E-state index < -0.39 is 0 Å². The molecule has 0 unspecified atom stereocenters. The summed E-state index contributed by atoms with van der Waals surface area (Å²) in [5, 5.41) is 0. The van der Waals surface area contributed by atoms with Crippen LogP contribution in [0.1, 0.15) is 25.8 Å². The van der Waals surface area contributed by atoms with Gasteiger partial charge in [-0.15, -0.1) is 11.6 Å². The minimum absolute atomic E-state index is 0.157. The molecular weight excluding hydrogens is 248 g/mol. The largest absolute Gasteiger partial charge is 0.493 e. The summed E-state index contributed by atoms with van der Waals surface area (Å²) in [4.78, 5) is 0. The van der Waals surface area contributed by atoms with E-state index in [1.165, 1.54) is 0 Å². The smallest absolute Gasteiger partial charge is 0.120 e. The maximum Gasteiger partial charge on any atom is 0.120 e. The number of methoxy groups -OCH3 is 1. The van der Waals surface area contributed by atoms with Crippen molar-refractivity contribution in [1.29, 1.82) is 0 Å². The Morgan fingerprint density at radius 2 is 2.11 bits per heavy atom. The molecule has 0 saturated carbocycles. The highest BCUT2D eigenvalue weighted by Gasteiger charge is 2.15. The first kappa shape index (κ1) is 14.9. The maximum atomic E-state index is 5.68. The first-order valence-electron chi connectivity index (χ1n) is 5.90. The minimum atomic E-state index is -0.157. The van der Waals surface area contributed by atoms with Crippen molar-refractivity contribution in [3.63, 3.8) is 0 Å². The van der Waals surface area contributed by atoms with E-state index in [4.69, 9.17) is 21.1 Å². The molecule has 0 bridgehead atoms. The molecule has 0 aromatic heterocycles. The fraction of sp³-hybridized carbons (Fsp3) is 0.467. The number of ether oxygens (including phenoxy) is 2. The molecule has 0 heterocycles. The van der Waals surface area contributed by atoms with Crippen LogP contribution in [0.25, 0.3) is 0 Å². The highest BCUT2D eigenvalue weighted by Crippen LogP contribution is 2.16. The molecule has 18 heavy (non-hydrogen) atoms. The van der Waals surface area contributed by atoms with Crippen LogP contribution in [0.5, 0.6) is 5.75 Å². The third-order valence-electron chi connectivity index (χ3n) is 2.66. The third kappa shape index (κ3) is 5.44. The van der Waals surface area contributed by atoms with Gasteiger partial charge in [0, 0.05) is 19.1 Å². The molecule has 0 amide bonds. The fourth-order valence-corrected chi connectivity index (χ4v) is 1.38. The number of halogens is 1. The van der Waals surface area contributed by atoms with Crippen molar-refractivity contribution >= 4 is 11.6 Å². The predicted octanol–water partition coefficient (Wildman–Crippen LogP) is 3.47. The van der Waals surface area contributed by atoms with E-state index in [0.717, 1.165) is 17.7 Å². The van der Waals surface area contributed by atoms with E-state index in [2.05, 4.69) is 11.8 Å². The Kier molecular flexibility index (Phi) is 6.04. The first-order chi connectivity index (χ1) is 8.57. The van der Waals surface area contributed by atoms with Gasteiger partial charge in [-0.05, 0) is 32.0 Å². The summed E-state index contributed by atoms with van der Waals surface area (Å²) >= 11 is 5.52. The van der Waals surface area contributed by atoms with E-state index in [9.17, 15) is 0 Å². The van der Waals surface area contributed by atoms with E-state index in [0.29, 0.717) is 12.5 Å². The maximum absolute atomic E-state index is 5.68. The molecule has 1 aromatic carbocycles. The van der Waals surface area contributed by atoms with Gasteiger partial charge in [-0.25, -0.2) is 0 Å². The molecule has 1 aromatic rings. The summed E-state index contributed by atoms with van der Waals surface area (Å²) in [5.74, 6) is 6.95. The van der Waals surface area contributed by atoms with Gasteiger partial charge in [-0.2, -0.15) is 0 Å². The standard InChI is InChI=1S/C15H19ClO2/c1-15(2,17-3)9-11-18-14-8-4-6-13(12-14)7-5-10-16/h4,6,8,12H,9-11H2,1-3H3. The average molecular weight is 267 g/mol. The molecule has 0 spiro atoms. The Bertz CT molecular complexity index is 430. The molecule has 1 rings (SSSR count). The van der Waals surface area contributed by atoms with Crippen molar-refractivity contribution in [1.82, 2.24) is 0 Å². The first-order valence-corrected chi connectivity index (χ1v) is 6.44. The highest BCUT2D eigenvalue weighted by atomic mass is 35.5. The Morgan fingerprint density at radius 3 is 2.78 bits per heavy atom. The second-order valence-corrected chi connectivity index (χ2v) is 4.79. The normalized spacial score (nSPS) is 10.7. The second-order valence-electron chi connectivity index (χ2n) is 4.53. The Labute approximate surface area is 114 Å². The van der Waals surface area contributed by atoms with E-state index in [1.54, 1.807) is 7.11 Å². The molecule has 0 atom stereocenters. The number of alkyl halides is 1. The summed E-state index contributed by atoms with van der Waals surface area (Å²) in [5.41, 5.74) is 0.759. The van der Waals surface area contributed by atoms with Gasteiger partial charge in [0.1, 0.15) is 5.75 Å². The summed E-state index contributed by atoms with van der Waals surface area (Å²) in [6, 6.07) is 7.70. The summed E-state index contributed by atoms with van der Waals surface area (Å²) in [6.07, 6.45) is 0.834. The monoisotopic (exact) mass is 266 g/mol. The lowest BCUT2D eigenvalue weighted by Gasteiger charge is -2.22. The van der Waals surface area contributed by atoms with Crippen LogP contribution in [0.2, 0.25) is 0 Å². The number of rotatable bonds is 5. The van der Waals surface area contributed by atoms with Crippen LogP contribution in [-0.2, 0) is 4.74 Å². The molecule has 2 nitrogen and oxygen atoms in total. The number of hydrogen-bond donors (Lipinski definition) is 0. The van der Waals surface area contributed by atoms with E-state index >= 15 is 0 Å². The predicted molar refractivity (Wildman–Crippen MR) is 75.2 cm³/mol. The quantitative estimate of drug-likeness (QED) is 0.600. The van der Waals surface area contributed by atoms with Gasteiger partial charge in [0.25, 0.3) is 0 Å². The van der Waals surface area contributed by atoms with Crippen molar-refractivity contribution in [2.75, 3.05) is 19.6 Å². The van der Waals surface area contributed by atoms with Crippen LogP contribution in [0.15, 0.2) is 24.3 Å². The zero-order chi connectivity index (χ0) is 13.4. The van der Waals surface area contributed by atoms with E-state index in [1.807, 2.05) is 38.1 Å². The van der Waals surface area contributed by atoms with Gasteiger partial charge >= 0.3 is 0 Å². The zero-order valence-electron chi connectivity index (χ0n) is 11.1. The lowest BCUT2D eigenvalue weighted by Crippen LogP contribution is -2.25. The summed E-state index contributed by atoms with van der Waals surface area (Å²) in [7, 11) is 1.71. The molecule has 0 fully saturated rings. The number of benzene rings is 1. The molecule has 0 saturated heterocycles. The third-order valence-corrected chi connectivity index (χ3v) is 2.79. The Morgan fingerprint density at radius 1 is 1.33 bits per heavy atom. The molecule has 3 heteroatoms. The van der Waals surface area contributed by atoms with Crippen LogP contribution in [0.3, 0.4) is 0 Å². The molecule has 0 aliphatic heterocycles. The molecule has 0 aliphatic carbocycles. The van der Waals surface area contributed by atoms with E-state index in [-0.39, 0.29) is 5.60 Å². The van der Waals surface area contributed by atoms with Gasteiger partial charge in [-0.1, -0.05) is 17.9 Å². The highest BCUT2D eigenvalue weighted by molar-refractivity contribution is 6.19. The van der Waals surface area contributed by atoms with Crippen LogP contribution in [-0.4, -0.2) is 25.2 Å². The van der Waals surface area contributed by atoms with Crippen molar-refractivity contribution in [2.45, 2.75) is 25.9 Å². The lowest BCUT2D eigenvalue weighted by atomic mass is 10.1. The van der Waals surface area contributed by atoms with Gasteiger partial charge in [0.15, 0.2) is 0 Å². The molecule has 98 valence electrons. The van der Waals surface area contributed by atoms with Crippen LogP contribution < -0.4 is 4.74 Å².